The van der Waals surface area contributed by atoms with E-state index in [2.05, 4.69) is 10.6 Å². The number of hydrogen-bond donors (Lipinski definition) is 2. The summed E-state index contributed by atoms with van der Waals surface area (Å²) in [6.45, 7) is 5.52. The second-order valence-corrected chi connectivity index (χ2v) is 9.48. The van der Waals surface area contributed by atoms with E-state index < -0.39 is 5.41 Å². The number of carbonyl (C=O) groups excluding carboxylic acids is 2. The van der Waals surface area contributed by atoms with E-state index in [4.69, 9.17) is 14.6 Å². The SMILES string of the molecule is COc1ccc(-c2nn(-c3ccccc3)cc2C(=O)Nc2cccc(NC(=O)C(C)(C)C)c2)c(OC)c1. The summed E-state index contributed by atoms with van der Waals surface area (Å²) in [6, 6.07) is 21.9. The van der Waals surface area contributed by atoms with Crippen molar-refractivity contribution in [3.8, 4) is 28.4 Å². The zero-order valence-electron chi connectivity index (χ0n) is 21.5. The monoisotopic (exact) mass is 498 g/mol. The molecule has 0 aliphatic carbocycles. The first-order chi connectivity index (χ1) is 17.7. The molecule has 3 aromatic carbocycles. The quantitative estimate of drug-likeness (QED) is 0.336. The molecule has 0 aliphatic rings. The number of rotatable bonds is 7. The standard InChI is InChI=1S/C29H30N4O4/c1-29(2,3)28(35)31-20-11-9-10-19(16-20)30-27(34)24-18-33(21-12-7-6-8-13-21)32-26(24)23-15-14-22(36-4)17-25(23)37-5/h6-18H,1-5H3,(H,30,34)(H,31,35). The van der Waals surface area contributed by atoms with Gasteiger partial charge >= 0.3 is 0 Å². The average molecular weight is 499 g/mol. The van der Waals surface area contributed by atoms with Gasteiger partial charge in [-0.25, -0.2) is 4.68 Å². The van der Waals surface area contributed by atoms with Crippen LogP contribution in [0.3, 0.4) is 0 Å². The van der Waals surface area contributed by atoms with Crippen LogP contribution in [0, 0.1) is 5.41 Å². The number of nitrogens with zero attached hydrogens (tertiary/aromatic N) is 2. The van der Waals surface area contributed by atoms with Gasteiger partial charge in [0, 0.05) is 34.6 Å². The van der Waals surface area contributed by atoms with Gasteiger partial charge in [0.05, 0.1) is 25.5 Å². The van der Waals surface area contributed by atoms with Crippen LogP contribution in [0.1, 0.15) is 31.1 Å². The number of ether oxygens (including phenoxy) is 2. The lowest BCUT2D eigenvalue weighted by Gasteiger charge is -2.18. The first kappa shape index (κ1) is 25.5. The van der Waals surface area contributed by atoms with Gasteiger partial charge in [0.25, 0.3) is 5.91 Å². The maximum absolute atomic E-state index is 13.6. The molecule has 8 nitrogen and oxygen atoms in total. The van der Waals surface area contributed by atoms with Crippen LogP contribution in [0.5, 0.6) is 11.5 Å². The highest BCUT2D eigenvalue weighted by Gasteiger charge is 2.23. The molecule has 1 aromatic heterocycles. The number of para-hydroxylation sites is 1. The summed E-state index contributed by atoms with van der Waals surface area (Å²) in [7, 11) is 3.14. The maximum atomic E-state index is 13.6. The molecule has 1 heterocycles. The molecule has 2 amide bonds. The van der Waals surface area contributed by atoms with Gasteiger partial charge in [0.1, 0.15) is 17.2 Å². The largest absolute Gasteiger partial charge is 0.497 e. The summed E-state index contributed by atoms with van der Waals surface area (Å²) < 4.78 is 12.6. The molecule has 0 radical (unpaired) electrons. The van der Waals surface area contributed by atoms with Crippen molar-refractivity contribution in [2.24, 2.45) is 5.41 Å². The summed E-state index contributed by atoms with van der Waals surface area (Å²) in [5.74, 6) is 0.685. The van der Waals surface area contributed by atoms with E-state index >= 15 is 0 Å². The Bertz CT molecular complexity index is 1420. The van der Waals surface area contributed by atoms with Crippen molar-refractivity contribution in [3.05, 3.63) is 84.6 Å². The summed E-state index contributed by atoms with van der Waals surface area (Å²) in [5, 5.41) is 10.6. The number of amides is 2. The van der Waals surface area contributed by atoms with Gasteiger partial charge in [-0.3, -0.25) is 9.59 Å². The first-order valence-electron chi connectivity index (χ1n) is 11.8. The van der Waals surface area contributed by atoms with Crippen LogP contribution < -0.4 is 20.1 Å². The van der Waals surface area contributed by atoms with Crippen LogP contribution in [0.25, 0.3) is 16.9 Å². The minimum Gasteiger partial charge on any atom is -0.497 e. The number of hydrogen-bond acceptors (Lipinski definition) is 5. The summed E-state index contributed by atoms with van der Waals surface area (Å²) in [6.07, 6.45) is 1.69. The smallest absolute Gasteiger partial charge is 0.259 e. The third-order valence-electron chi connectivity index (χ3n) is 5.70. The average Bonchev–Trinajstić information content (AvgIpc) is 3.34. The second kappa shape index (κ2) is 10.6. The molecule has 0 saturated heterocycles. The zero-order valence-corrected chi connectivity index (χ0v) is 21.5. The lowest BCUT2D eigenvalue weighted by molar-refractivity contribution is -0.123. The minimum absolute atomic E-state index is 0.117. The van der Waals surface area contributed by atoms with E-state index in [1.165, 1.54) is 0 Å². The van der Waals surface area contributed by atoms with E-state index in [9.17, 15) is 9.59 Å². The maximum Gasteiger partial charge on any atom is 0.259 e. The minimum atomic E-state index is -0.544. The second-order valence-electron chi connectivity index (χ2n) is 9.48. The molecule has 0 atom stereocenters. The highest BCUT2D eigenvalue weighted by atomic mass is 16.5. The lowest BCUT2D eigenvalue weighted by Crippen LogP contribution is -2.27. The van der Waals surface area contributed by atoms with Gasteiger partial charge in [-0.15, -0.1) is 0 Å². The van der Waals surface area contributed by atoms with Crippen molar-refractivity contribution < 1.29 is 19.1 Å². The number of benzene rings is 3. The highest BCUT2D eigenvalue weighted by Crippen LogP contribution is 2.35. The van der Waals surface area contributed by atoms with Crippen molar-refractivity contribution in [1.29, 1.82) is 0 Å². The van der Waals surface area contributed by atoms with E-state index in [-0.39, 0.29) is 11.8 Å². The number of anilines is 2. The Morgan fingerprint density at radius 1 is 0.838 bits per heavy atom. The van der Waals surface area contributed by atoms with Crippen LogP contribution in [0.15, 0.2) is 79.0 Å². The lowest BCUT2D eigenvalue weighted by atomic mass is 9.95. The molecule has 0 unspecified atom stereocenters. The topological polar surface area (TPSA) is 94.5 Å². The third kappa shape index (κ3) is 5.81. The van der Waals surface area contributed by atoms with Gasteiger partial charge in [-0.05, 0) is 42.5 Å². The first-order valence-corrected chi connectivity index (χ1v) is 11.8. The molecule has 4 rings (SSSR count). The molecule has 8 heteroatoms. The van der Waals surface area contributed by atoms with Gasteiger partial charge in [-0.1, -0.05) is 45.0 Å². The zero-order chi connectivity index (χ0) is 26.6. The Morgan fingerprint density at radius 2 is 1.54 bits per heavy atom. The number of methoxy groups -OCH3 is 2. The van der Waals surface area contributed by atoms with Crippen molar-refractivity contribution in [2.75, 3.05) is 24.9 Å². The van der Waals surface area contributed by atoms with Crippen LogP contribution in [-0.4, -0.2) is 35.8 Å². The molecule has 4 aromatic rings. The van der Waals surface area contributed by atoms with Crippen molar-refractivity contribution in [3.63, 3.8) is 0 Å². The Hall–Kier alpha value is -4.59. The number of nitrogens with one attached hydrogen (secondary N) is 2. The summed E-state index contributed by atoms with van der Waals surface area (Å²) in [5.41, 5.74) is 2.86. The fraction of sp³-hybridized carbons (Fsp3) is 0.207. The van der Waals surface area contributed by atoms with Gasteiger partial charge in [0.15, 0.2) is 0 Å². The normalized spacial score (nSPS) is 11.1. The molecular weight excluding hydrogens is 468 g/mol. The van der Waals surface area contributed by atoms with Crippen LogP contribution in [0.4, 0.5) is 11.4 Å². The number of aromatic nitrogens is 2. The predicted molar refractivity (Wildman–Crippen MR) is 145 cm³/mol. The van der Waals surface area contributed by atoms with Crippen LogP contribution in [0.2, 0.25) is 0 Å². The molecule has 0 bridgehead atoms. The van der Waals surface area contributed by atoms with Crippen molar-refractivity contribution >= 4 is 23.2 Å². The molecule has 2 N–H and O–H groups in total. The molecule has 0 saturated carbocycles. The van der Waals surface area contributed by atoms with Gasteiger partial charge in [0.2, 0.25) is 5.91 Å². The Kier molecular flexibility index (Phi) is 7.29. The van der Waals surface area contributed by atoms with Gasteiger partial charge in [-0.2, -0.15) is 5.10 Å². The Morgan fingerprint density at radius 3 is 2.19 bits per heavy atom. The summed E-state index contributed by atoms with van der Waals surface area (Å²) >= 11 is 0. The van der Waals surface area contributed by atoms with Crippen LogP contribution in [-0.2, 0) is 4.79 Å². The van der Waals surface area contributed by atoms with E-state index in [0.717, 1.165) is 5.69 Å². The van der Waals surface area contributed by atoms with Crippen molar-refractivity contribution in [1.82, 2.24) is 9.78 Å². The highest BCUT2D eigenvalue weighted by molar-refractivity contribution is 6.08. The van der Waals surface area contributed by atoms with E-state index in [1.54, 1.807) is 61.5 Å². The van der Waals surface area contributed by atoms with Crippen molar-refractivity contribution in [2.45, 2.75) is 20.8 Å². The fourth-order valence-electron chi connectivity index (χ4n) is 3.64. The molecule has 190 valence electrons. The van der Waals surface area contributed by atoms with E-state index in [0.29, 0.717) is 39.7 Å². The summed E-state index contributed by atoms with van der Waals surface area (Å²) in [4.78, 5) is 26.0. The van der Waals surface area contributed by atoms with Gasteiger partial charge < -0.3 is 20.1 Å². The van der Waals surface area contributed by atoms with Crippen LogP contribution >= 0.6 is 0 Å². The molecule has 0 spiro atoms. The van der Waals surface area contributed by atoms with E-state index in [1.807, 2.05) is 57.2 Å². The predicted octanol–water partition coefficient (Wildman–Crippen LogP) is 5.79. The third-order valence-corrected chi connectivity index (χ3v) is 5.70. The molecule has 37 heavy (non-hydrogen) atoms. The molecular formula is C29H30N4O4. The number of carbonyl (C=O) groups is 2. The molecule has 0 aliphatic heterocycles. The fourth-order valence-corrected chi connectivity index (χ4v) is 3.64. The Labute approximate surface area is 216 Å². The molecule has 0 fully saturated rings. The Balaban J connectivity index is 1.71.